The summed E-state index contributed by atoms with van der Waals surface area (Å²) in [6, 6.07) is -0.126. The first-order valence-corrected chi connectivity index (χ1v) is 5.88. The van der Waals surface area contributed by atoms with Crippen LogP contribution >= 0.6 is 7.60 Å². The zero-order valence-electron chi connectivity index (χ0n) is 7.53. The number of rotatable bonds is 2. The van der Waals surface area contributed by atoms with Gasteiger partial charge in [-0.25, -0.2) is 0 Å². The molecule has 1 aliphatic heterocycles. The highest BCUT2D eigenvalue weighted by molar-refractivity contribution is 7.53. The van der Waals surface area contributed by atoms with Crippen LogP contribution in [0.15, 0.2) is 0 Å². The van der Waals surface area contributed by atoms with Gasteiger partial charge in [0, 0.05) is 0 Å². The van der Waals surface area contributed by atoms with Crippen molar-refractivity contribution in [3.05, 3.63) is 0 Å². The molecule has 0 unspecified atom stereocenters. The molecule has 4 nitrogen and oxygen atoms in total. The average molecular weight is 193 g/mol. The molecule has 72 valence electrons. The Morgan fingerprint density at radius 1 is 1.50 bits per heavy atom. The molecule has 1 fully saturated rings. The second-order valence-electron chi connectivity index (χ2n) is 3.54. The first kappa shape index (κ1) is 10.2. The maximum Gasteiger partial charge on any atom is 0.331 e. The van der Waals surface area contributed by atoms with Gasteiger partial charge in [0.1, 0.15) is 0 Å². The van der Waals surface area contributed by atoms with Crippen LogP contribution in [0.4, 0.5) is 0 Å². The van der Waals surface area contributed by atoms with E-state index in [4.69, 9.17) is 14.8 Å². The van der Waals surface area contributed by atoms with Gasteiger partial charge in [-0.1, -0.05) is 13.8 Å². The van der Waals surface area contributed by atoms with Crippen LogP contribution in [0.3, 0.4) is 0 Å². The number of hydrogen-bond acceptors (Lipinski definition) is 4. The van der Waals surface area contributed by atoms with E-state index in [2.05, 4.69) is 0 Å². The Labute approximate surface area is 73.0 Å². The highest BCUT2D eigenvalue weighted by Crippen LogP contribution is 2.51. The second-order valence-corrected chi connectivity index (χ2v) is 5.64. The third-order valence-electron chi connectivity index (χ3n) is 1.56. The third-order valence-corrected chi connectivity index (χ3v) is 3.82. The van der Waals surface area contributed by atoms with Crippen LogP contribution in [-0.4, -0.2) is 25.4 Å². The summed E-state index contributed by atoms with van der Waals surface area (Å²) in [5, 5.41) is 0. The topological polar surface area (TPSA) is 61.5 Å². The molecule has 0 aliphatic carbocycles. The second kappa shape index (κ2) is 3.88. The summed E-state index contributed by atoms with van der Waals surface area (Å²) in [6.07, 6.45) is 0.486. The smallest absolute Gasteiger partial charge is 0.324 e. The van der Waals surface area contributed by atoms with Gasteiger partial charge in [-0.15, -0.1) is 0 Å². The van der Waals surface area contributed by atoms with Crippen molar-refractivity contribution in [1.29, 1.82) is 0 Å². The molecule has 0 aromatic carbocycles. The lowest BCUT2D eigenvalue weighted by Gasteiger charge is -2.27. The van der Waals surface area contributed by atoms with Crippen molar-refractivity contribution >= 4 is 7.60 Å². The van der Waals surface area contributed by atoms with Crippen molar-refractivity contribution in [1.82, 2.24) is 0 Å². The van der Waals surface area contributed by atoms with Crippen LogP contribution in [-0.2, 0) is 13.6 Å². The van der Waals surface area contributed by atoms with Crippen molar-refractivity contribution in [2.24, 2.45) is 11.7 Å². The maximum atomic E-state index is 11.7. The van der Waals surface area contributed by atoms with Gasteiger partial charge in [0.2, 0.25) is 0 Å². The quantitative estimate of drug-likeness (QED) is 0.669. The molecule has 0 amide bonds. The molecule has 0 saturated carbocycles. The zero-order valence-corrected chi connectivity index (χ0v) is 8.42. The Kier molecular flexibility index (Phi) is 3.29. The monoisotopic (exact) mass is 193 g/mol. The molecule has 1 saturated heterocycles. The predicted molar refractivity (Wildman–Crippen MR) is 47.2 cm³/mol. The average Bonchev–Trinajstić information content (AvgIpc) is 1.94. The summed E-state index contributed by atoms with van der Waals surface area (Å²) in [6.45, 7) is 4.68. The Morgan fingerprint density at radius 2 is 2.00 bits per heavy atom. The van der Waals surface area contributed by atoms with E-state index in [1.807, 2.05) is 13.8 Å². The van der Waals surface area contributed by atoms with E-state index in [0.717, 1.165) is 0 Å². The Hall–Kier alpha value is 0.110. The fourth-order valence-electron chi connectivity index (χ4n) is 1.06. The Morgan fingerprint density at radius 3 is 2.42 bits per heavy atom. The molecule has 0 radical (unpaired) electrons. The minimum absolute atomic E-state index is 0.126. The normalized spacial score (nSPS) is 37.2. The summed E-state index contributed by atoms with van der Waals surface area (Å²) in [5.74, 6) is 0.324. The molecule has 0 bridgehead atoms. The molecule has 0 aromatic rings. The van der Waals surface area contributed by atoms with Crippen molar-refractivity contribution < 1.29 is 13.6 Å². The maximum absolute atomic E-state index is 11.7. The van der Waals surface area contributed by atoms with E-state index >= 15 is 0 Å². The predicted octanol–water partition coefficient (Wildman–Crippen LogP) is 1.21. The largest absolute Gasteiger partial charge is 0.331 e. The van der Waals surface area contributed by atoms with Crippen LogP contribution < -0.4 is 5.73 Å². The van der Waals surface area contributed by atoms with Gasteiger partial charge < -0.3 is 14.8 Å². The van der Waals surface area contributed by atoms with E-state index in [-0.39, 0.29) is 6.04 Å². The van der Waals surface area contributed by atoms with Crippen LogP contribution in [0.25, 0.3) is 0 Å². The van der Waals surface area contributed by atoms with Crippen LogP contribution in [0.5, 0.6) is 0 Å². The van der Waals surface area contributed by atoms with Gasteiger partial charge in [-0.2, -0.15) is 0 Å². The SMILES string of the molecule is CC(C)CP1(=O)OCC(N)CO1. The molecule has 5 heteroatoms. The summed E-state index contributed by atoms with van der Waals surface area (Å²) < 4.78 is 21.9. The lowest BCUT2D eigenvalue weighted by Crippen LogP contribution is -2.35. The summed E-state index contributed by atoms with van der Waals surface area (Å²) in [7, 11) is -2.79. The van der Waals surface area contributed by atoms with Crippen molar-refractivity contribution in [2.45, 2.75) is 19.9 Å². The van der Waals surface area contributed by atoms with E-state index < -0.39 is 7.60 Å². The highest BCUT2D eigenvalue weighted by atomic mass is 31.2. The highest BCUT2D eigenvalue weighted by Gasteiger charge is 2.31. The number of hydrogen-bond donors (Lipinski definition) is 1. The minimum Gasteiger partial charge on any atom is -0.324 e. The molecule has 2 N–H and O–H groups in total. The molecule has 0 aromatic heterocycles. The third kappa shape index (κ3) is 2.87. The first-order valence-electron chi connectivity index (χ1n) is 4.15. The molecule has 12 heavy (non-hydrogen) atoms. The van der Waals surface area contributed by atoms with Gasteiger partial charge in [0.05, 0.1) is 25.4 Å². The molecule has 0 spiro atoms. The van der Waals surface area contributed by atoms with Crippen LogP contribution in [0, 0.1) is 5.92 Å². The van der Waals surface area contributed by atoms with Gasteiger partial charge >= 0.3 is 7.60 Å². The van der Waals surface area contributed by atoms with Crippen molar-refractivity contribution in [3.8, 4) is 0 Å². The van der Waals surface area contributed by atoms with Gasteiger partial charge in [0.15, 0.2) is 0 Å². The summed E-state index contributed by atoms with van der Waals surface area (Å²) >= 11 is 0. The zero-order chi connectivity index (χ0) is 9.19. The van der Waals surface area contributed by atoms with E-state index in [1.54, 1.807) is 0 Å². The van der Waals surface area contributed by atoms with Gasteiger partial charge in [-0.05, 0) is 5.92 Å². The first-order chi connectivity index (χ1) is 5.52. The number of nitrogens with two attached hydrogens (primary N) is 1. The summed E-state index contributed by atoms with van der Waals surface area (Å²) in [5.41, 5.74) is 5.52. The van der Waals surface area contributed by atoms with Crippen LogP contribution in [0.1, 0.15) is 13.8 Å². The van der Waals surface area contributed by atoms with E-state index in [1.165, 1.54) is 0 Å². The van der Waals surface area contributed by atoms with E-state index in [9.17, 15) is 4.57 Å². The molecule has 0 atom stereocenters. The minimum atomic E-state index is -2.79. The lowest BCUT2D eigenvalue weighted by atomic mass is 10.3. The van der Waals surface area contributed by atoms with Crippen LogP contribution in [0.2, 0.25) is 0 Å². The fourth-order valence-corrected chi connectivity index (χ4v) is 3.07. The standard InChI is InChI=1S/C7H16NO3P/c1-6(2)5-12(9)10-3-7(8)4-11-12/h6-7H,3-5,8H2,1-2H3. The molecule has 1 rings (SSSR count). The Balaban J connectivity index is 2.45. The van der Waals surface area contributed by atoms with Crippen molar-refractivity contribution in [2.75, 3.05) is 19.4 Å². The summed E-state index contributed by atoms with van der Waals surface area (Å²) in [4.78, 5) is 0. The van der Waals surface area contributed by atoms with E-state index in [0.29, 0.717) is 25.3 Å². The van der Waals surface area contributed by atoms with Gasteiger partial charge in [-0.3, -0.25) is 4.57 Å². The fraction of sp³-hybridized carbons (Fsp3) is 1.00. The Bertz CT molecular complexity index is 183. The lowest BCUT2D eigenvalue weighted by molar-refractivity contribution is 0.125. The molecule has 1 aliphatic rings. The molecular weight excluding hydrogens is 177 g/mol. The van der Waals surface area contributed by atoms with Gasteiger partial charge in [0.25, 0.3) is 0 Å². The van der Waals surface area contributed by atoms with Crippen molar-refractivity contribution in [3.63, 3.8) is 0 Å². The molecular formula is C7H16NO3P. The molecule has 1 heterocycles.